The highest BCUT2D eigenvalue weighted by Crippen LogP contribution is 2.42. The van der Waals surface area contributed by atoms with E-state index in [4.69, 9.17) is 26.5 Å². The molecule has 1 unspecified atom stereocenters. The number of hydrogen-bond donors (Lipinski definition) is 1. The molecule has 0 aliphatic carbocycles. The molecule has 0 spiro atoms. The van der Waals surface area contributed by atoms with E-state index in [1.807, 2.05) is 0 Å². The zero-order valence-corrected chi connectivity index (χ0v) is 17.7. The van der Waals surface area contributed by atoms with E-state index in [1.54, 1.807) is 36.4 Å². The lowest BCUT2D eigenvalue weighted by atomic mass is 9.98. The van der Waals surface area contributed by atoms with E-state index in [0.717, 1.165) is 11.3 Å². The highest BCUT2D eigenvalue weighted by atomic mass is 35.5. The predicted molar refractivity (Wildman–Crippen MR) is 117 cm³/mol. The summed E-state index contributed by atoms with van der Waals surface area (Å²) in [6.45, 7) is -0.267. The van der Waals surface area contributed by atoms with Gasteiger partial charge in [-0.2, -0.15) is 0 Å². The van der Waals surface area contributed by atoms with Crippen molar-refractivity contribution in [3.05, 3.63) is 80.1 Å². The molecule has 4 aromatic rings. The van der Waals surface area contributed by atoms with Gasteiger partial charge in [-0.3, -0.25) is 19.3 Å². The molecule has 1 atom stereocenters. The smallest absolute Gasteiger partial charge is 0.297 e. The average Bonchev–Trinajstić information content (AvgIpc) is 3.40. The standard InChI is InChI=1S/C21H13ClN4O5S/c22-11-3-6-14-13(7-11)18(28)16-17(10-1-4-12(5-2-10)30-8-15(23)27)26(20(29)19(16)31-14)21-25-24-9-32-21/h1-7,9,17H,8H2,(H2,23,27). The van der Waals surface area contributed by atoms with Crippen LogP contribution in [0.2, 0.25) is 5.02 Å². The second kappa shape index (κ2) is 7.74. The maximum absolute atomic E-state index is 13.5. The van der Waals surface area contributed by atoms with Gasteiger partial charge in [-0.05, 0) is 35.9 Å². The first-order valence-corrected chi connectivity index (χ1v) is 10.6. The fourth-order valence-corrected chi connectivity index (χ4v) is 4.39. The van der Waals surface area contributed by atoms with Gasteiger partial charge in [-0.1, -0.05) is 35.1 Å². The Labute approximate surface area is 189 Å². The van der Waals surface area contributed by atoms with Crippen molar-refractivity contribution in [3.8, 4) is 5.75 Å². The summed E-state index contributed by atoms with van der Waals surface area (Å²) in [5.41, 5.74) is 7.31. The highest BCUT2D eigenvalue weighted by molar-refractivity contribution is 7.13. The monoisotopic (exact) mass is 468 g/mol. The second-order valence-electron chi connectivity index (χ2n) is 6.94. The Morgan fingerprint density at radius 3 is 2.69 bits per heavy atom. The van der Waals surface area contributed by atoms with Crippen molar-refractivity contribution in [2.75, 3.05) is 11.5 Å². The van der Waals surface area contributed by atoms with Crippen molar-refractivity contribution < 1.29 is 18.7 Å². The number of fused-ring (bicyclic) bond motifs is 2. The van der Waals surface area contributed by atoms with Crippen LogP contribution in [0, 0.1) is 0 Å². The molecule has 2 amide bonds. The van der Waals surface area contributed by atoms with Crippen LogP contribution in [-0.2, 0) is 4.79 Å². The molecule has 160 valence electrons. The highest BCUT2D eigenvalue weighted by Gasteiger charge is 2.45. The molecule has 2 aromatic heterocycles. The lowest BCUT2D eigenvalue weighted by Crippen LogP contribution is -2.29. The van der Waals surface area contributed by atoms with Crippen LogP contribution in [0.5, 0.6) is 5.75 Å². The second-order valence-corrected chi connectivity index (χ2v) is 8.19. The van der Waals surface area contributed by atoms with Crippen molar-refractivity contribution in [1.82, 2.24) is 10.2 Å². The minimum Gasteiger partial charge on any atom is -0.484 e. The number of hydrogen-bond acceptors (Lipinski definition) is 8. The molecule has 0 radical (unpaired) electrons. The fourth-order valence-electron chi connectivity index (χ4n) is 3.63. The Hall–Kier alpha value is -3.76. The van der Waals surface area contributed by atoms with E-state index < -0.39 is 17.9 Å². The van der Waals surface area contributed by atoms with E-state index in [1.165, 1.54) is 16.5 Å². The zero-order chi connectivity index (χ0) is 22.4. The number of nitrogens with zero attached hydrogens (tertiary/aromatic N) is 3. The van der Waals surface area contributed by atoms with Crippen molar-refractivity contribution in [3.63, 3.8) is 0 Å². The molecule has 3 heterocycles. The first kappa shape index (κ1) is 20.2. The number of amides is 2. The molecule has 11 heteroatoms. The molecular formula is C21H13ClN4O5S. The summed E-state index contributed by atoms with van der Waals surface area (Å²) in [5, 5.41) is 8.81. The molecule has 9 nitrogen and oxygen atoms in total. The Kier molecular flexibility index (Phi) is 4.87. The molecule has 2 aromatic carbocycles. The summed E-state index contributed by atoms with van der Waals surface area (Å²) in [4.78, 5) is 39.1. The topological polar surface area (TPSA) is 129 Å². The molecule has 2 N–H and O–H groups in total. The Bertz CT molecular complexity index is 1420. The van der Waals surface area contributed by atoms with Gasteiger partial charge in [-0.25, -0.2) is 0 Å². The molecular weight excluding hydrogens is 456 g/mol. The third kappa shape index (κ3) is 3.29. The number of carbonyl (C=O) groups is 2. The number of aromatic nitrogens is 2. The van der Waals surface area contributed by atoms with Crippen LogP contribution in [0.25, 0.3) is 11.0 Å². The summed E-state index contributed by atoms with van der Waals surface area (Å²) in [6, 6.07) is 10.5. The van der Waals surface area contributed by atoms with Crippen molar-refractivity contribution in [2.45, 2.75) is 6.04 Å². The van der Waals surface area contributed by atoms with E-state index >= 15 is 0 Å². The number of ether oxygens (including phenoxy) is 1. The van der Waals surface area contributed by atoms with E-state index in [-0.39, 0.29) is 34.3 Å². The molecule has 0 saturated carbocycles. The van der Waals surface area contributed by atoms with E-state index in [2.05, 4.69) is 10.2 Å². The predicted octanol–water partition coefficient (Wildman–Crippen LogP) is 2.91. The van der Waals surface area contributed by atoms with Crippen LogP contribution in [0.1, 0.15) is 27.7 Å². The van der Waals surface area contributed by atoms with Crippen LogP contribution in [0.3, 0.4) is 0 Å². The molecule has 1 aliphatic heterocycles. The van der Waals surface area contributed by atoms with Crippen LogP contribution in [-0.4, -0.2) is 28.6 Å². The summed E-state index contributed by atoms with van der Waals surface area (Å²) in [7, 11) is 0. The molecule has 0 bridgehead atoms. The van der Waals surface area contributed by atoms with Crippen LogP contribution >= 0.6 is 22.9 Å². The van der Waals surface area contributed by atoms with Gasteiger partial charge in [0.2, 0.25) is 10.9 Å². The van der Waals surface area contributed by atoms with Gasteiger partial charge in [0.25, 0.3) is 11.8 Å². The number of anilines is 1. The molecule has 1 aliphatic rings. The number of carbonyl (C=O) groups excluding carboxylic acids is 2. The molecule has 5 rings (SSSR count). The Balaban J connectivity index is 1.68. The summed E-state index contributed by atoms with van der Waals surface area (Å²) in [5.74, 6) is -0.740. The SMILES string of the molecule is NC(=O)COc1ccc(C2c3c(oc4ccc(Cl)cc4c3=O)C(=O)N2c2nncs2)cc1. The van der Waals surface area contributed by atoms with Gasteiger partial charge >= 0.3 is 0 Å². The molecule has 32 heavy (non-hydrogen) atoms. The number of benzene rings is 2. The van der Waals surface area contributed by atoms with Gasteiger partial charge in [-0.15, -0.1) is 10.2 Å². The van der Waals surface area contributed by atoms with Crippen molar-refractivity contribution >= 4 is 50.9 Å². The van der Waals surface area contributed by atoms with Crippen molar-refractivity contribution in [2.24, 2.45) is 5.73 Å². The third-order valence-corrected chi connectivity index (χ3v) is 5.89. The van der Waals surface area contributed by atoms with Gasteiger partial charge in [0.15, 0.2) is 12.0 Å². The zero-order valence-electron chi connectivity index (χ0n) is 16.1. The van der Waals surface area contributed by atoms with Crippen molar-refractivity contribution in [1.29, 1.82) is 0 Å². The molecule has 0 fully saturated rings. The Morgan fingerprint density at radius 1 is 1.22 bits per heavy atom. The summed E-state index contributed by atoms with van der Waals surface area (Å²) in [6.07, 6.45) is 0. The first-order chi connectivity index (χ1) is 15.4. The maximum Gasteiger partial charge on any atom is 0.297 e. The van der Waals surface area contributed by atoms with E-state index in [0.29, 0.717) is 21.5 Å². The normalized spacial score (nSPS) is 15.2. The lowest BCUT2D eigenvalue weighted by molar-refractivity contribution is -0.119. The lowest BCUT2D eigenvalue weighted by Gasteiger charge is -2.22. The maximum atomic E-state index is 13.5. The average molecular weight is 469 g/mol. The van der Waals surface area contributed by atoms with E-state index in [9.17, 15) is 14.4 Å². The van der Waals surface area contributed by atoms with Crippen LogP contribution in [0.15, 0.2) is 57.2 Å². The summed E-state index contributed by atoms with van der Waals surface area (Å²) >= 11 is 7.24. The van der Waals surface area contributed by atoms with Gasteiger partial charge in [0, 0.05) is 5.02 Å². The van der Waals surface area contributed by atoms with Crippen LogP contribution in [0.4, 0.5) is 5.13 Å². The number of primary amides is 1. The number of nitrogens with two attached hydrogens (primary N) is 1. The first-order valence-electron chi connectivity index (χ1n) is 9.31. The quantitative estimate of drug-likeness (QED) is 0.476. The largest absolute Gasteiger partial charge is 0.484 e. The summed E-state index contributed by atoms with van der Waals surface area (Å²) < 4.78 is 11.2. The minimum absolute atomic E-state index is 0.0564. The van der Waals surface area contributed by atoms with Crippen LogP contribution < -0.4 is 20.8 Å². The number of rotatable bonds is 5. The van der Waals surface area contributed by atoms with Gasteiger partial charge in [0.05, 0.1) is 17.0 Å². The molecule has 0 saturated heterocycles. The number of halogens is 1. The van der Waals surface area contributed by atoms with Gasteiger partial charge < -0.3 is 14.9 Å². The van der Waals surface area contributed by atoms with Gasteiger partial charge in [0.1, 0.15) is 16.8 Å². The minimum atomic E-state index is -0.796. The Morgan fingerprint density at radius 2 is 2.00 bits per heavy atom. The fraction of sp³-hybridized carbons (Fsp3) is 0.0952. The third-order valence-electron chi connectivity index (χ3n) is 4.96.